The number of amidine groups is 1. The van der Waals surface area contributed by atoms with Crippen LogP contribution in [0.3, 0.4) is 0 Å². The molecule has 0 saturated carbocycles. The first-order valence-electron chi connectivity index (χ1n) is 6.56. The van der Waals surface area contributed by atoms with Gasteiger partial charge >= 0.3 is 0 Å². The van der Waals surface area contributed by atoms with E-state index in [1.54, 1.807) is 0 Å². The van der Waals surface area contributed by atoms with Crippen molar-refractivity contribution >= 4 is 38.2 Å². The molecule has 0 aliphatic carbocycles. The smallest absolute Gasteiger partial charge is 0.141 e. The first-order chi connectivity index (χ1) is 9.65. The van der Waals surface area contributed by atoms with Gasteiger partial charge in [0.25, 0.3) is 0 Å². The third-order valence-corrected chi connectivity index (χ3v) is 4.00. The summed E-state index contributed by atoms with van der Waals surface area (Å²) in [4.78, 5) is 0. The van der Waals surface area contributed by atoms with Gasteiger partial charge in [-0.05, 0) is 23.9 Å². The van der Waals surface area contributed by atoms with Crippen molar-refractivity contribution in [3.8, 4) is 0 Å². The molecule has 2 aromatic rings. The molecule has 0 aliphatic heterocycles. The monoisotopic (exact) mass is 335 g/mol. The molecule has 4 nitrogen and oxygen atoms in total. The van der Waals surface area contributed by atoms with Crippen molar-refractivity contribution in [2.24, 2.45) is 10.9 Å². The van der Waals surface area contributed by atoms with Gasteiger partial charge in [-0.3, -0.25) is 0 Å². The number of anilines is 1. The van der Waals surface area contributed by atoms with E-state index in [1.165, 1.54) is 0 Å². The van der Waals surface area contributed by atoms with E-state index >= 15 is 0 Å². The molecule has 0 radical (unpaired) electrons. The Hall–Kier alpha value is -1.75. The number of fused-ring (bicyclic) bond motifs is 1. The molecule has 0 aromatic heterocycles. The Labute approximate surface area is 126 Å². The molecule has 0 saturated heterocycles. The normalized spacial score (nSPS) is 13.4. The van der Waals surface area contributed by atoms with Gasteiger partial charge in [-0.1, -0.05) is 52.3 Å². The minimum Gasteiger partial charge on any atom is -0.409 e. The fourth-order valence-electron chi connectivity index (χ4n) is 2.20. The number of halogens is 1. The number of rotatable bonds is 5. The maximum absolute atomic E-state index is 8.68. The number of oxime groups is 1. The third-order valence-electron chi connectivity index (χ3n) is 3.31. The molecular formula is C15H18BrN3O. The van der Waals surface area contributed by atoms with Crippen LogP contribution in [0.15, 0.2) is 46.0 Å². The highest BCUT2D eigenvalue weighted by Crippen LogP contribution is 2.30. The number of nitrogens with zero attached hydrogens (tertiary/aromatic N) is 1. The lowest BCUT2D eigenvalue weighted by atomic mass is 10.1. The van der Waals surface area contributed by atoms with Crippen LogP contribution in [0.4, 0.5) is 5.69 Å². The van der Waals surface area contributed by atoms with E-state index in [-0.39, 0.29) is 11.9 Å². The molecule has 0 bridgehead atoms. The number of hydrogen-bond acceptors (Lipinski definition) is 3. The summed E-state index contributed by atoms with van der Waals surface area (Å²) < 4.78 is 1.07. The maximum atomic E-state index is 8.68. The summed E-state index contributed by atoms with van der Waals surface area (Å²) in [5, 5.41) is 17.5. The van der Waals surface area contributed by atoms with Crippen LogP contribution in [0.1, 0.15) is 19.8 Å². The van der Waals surface area contributed by atoms with E-state index in [9.17, 15) is 0 Å². The summed E-state index contributed by atoms with van der Waals surface area (Å²) in [6.45, 7) is 2.07. The van der Waals surface area contributed by atoms with E-state index in [0.717, 1.165) is 27.4 Å². The largest absolute Gasteiger partial charge is 0.409 e. The molecule has 1 atom stereocenters. The van der Waals surface area contributed by atoms with Gasteiger partial charge in [0.1, 0.15) is 5.84 Å². The molecule has 2 rings (SSSR count). The van der Waals surface area contributed by atoms with Gasteiger partial charge in [0.15, 0.2) is 0 Å². The summed E-state index contributed by atoms with van der Waals surface area (Å²) in [5.41, 5.74) is 6.65. The second-order valence-electron chi connectivity index (χ2n) is 4.69. The Morgan fingerprint density at radius 1 is 1.30 bits per heavy atom. The zero-order valence-corrected chi connectivity index (χ0v) is 12.9. The number of nitrogens with one attached hydrogen (secondary N) is 1. The van der Waals surface area contributed by atoms with Gasteiger partial charge in [-0.25, -0.2) is 0 Å². The van der Waals surface area contributed by atoms with Crippen molar-refractivity contribution in [3.63, 3.8) is 0 Å². The zero-order valence-electron chi connectivity index (χ0n) is 11.3. The zero-order chi connectivity index (χ0) is 14.5. The summed E-state index contributed by atoms with van der Waals surface area (Å²) in [6.07, 6.45) is 1.40. The molecule has 106 valence electrons. The first kappa shape index (κ1) is 14.7. The standard InChI is InChI=1S/C15H18BrN3O/c1-2-10(9-15(17)19-20)18-14-8-7-13(16)11-5-3-4-6-12(11)14/h3-8,10,18,20H,2,9H2,1H3,(H2,17,19). The van der Waals surface area contributed by atoms with E-state index in [4.69, 9.17) is 10.9 Å². The predicted molar refractivity (Wildman–Crippen MR) is 87.4 cm³/mol. The molecule has 0 fully saturated rings. The van der Waals surface area contributed by atoms with Gasteiger partial charge in [-0.2, -0.15) is 0 Å². The average molecular weight is 336 g/mol. The van der Waals surface area contributed by atoms with Crippen molar-refractivity contribution in [1.29, 1.82) is 0 Å². The maximum Gasteiger partial charge on any atom is 0.141 e. The van der Waals surface area contributed by atoms with Crippen LogP contribution in [0.2, 0.25) is 0 Å². The topological polar surface area (TPSA) is 70.6 Å². The van der Waals surface area contributed by atoms with Gasteiger partial charge in [0.05, 0.1) is 0 Å². The average Bonchev–Trinajstić information content (AvgIpc) is 2.49. The Balaban J connectivity index is 2.31. The minimum absolute atomic E-state index is 0.135. The lowest BCUT2D eigenvalue weighted by Gasteiger charge is -2.19. The summed E-state index contributed by atoms with van der Waals surface area (Å²) in [5.74, 6) is 0.241. The molecule has 4 N–H and O–H groups in total. The van der Waals surface area contributed by atoms with Gasteiger partial charge in [0, 0.05) is 28.0 Å². The van der Waals surface area contributed by atoms with Crippen molar-refractivity contribution < 1.29 is 5.21 Å². The molecule has 20 heavy (non-hydrogen) atoms. The highest BCUT2D eigenvalue weighted by molar-refractivity contribution is 9.10. The van der Waals surface area contributed by atoms with E-state index in [0.29, 0.717) is 6.42 Å². The predicted octanol–water partition coefficient (Wildman–Crippen LogP) is 3.93. The van der Waals surface area contributed by atoms with Crippen LogP contribution in [-0.2, 0) is 0 Å². The van der Waals surface area contributed by atoms with Crippen LogP contribution in [-0.4, -0.2) is 17.1 Å². The third kappa shape index (κ3) is 3.22. The van der Waals surface area contributed by atoms with E-state index in [1.807, 2.05) is 24.3 Å². The highest BCUT2D eigenvalue weighted by atomic mass is 79.9. The second-order valence-corrected chi connectivity index (χ2v) is 5.54. The first-order valence-corrected chi connectivity index (χ1v) is 7.35. The lowest BCUT2D eigenvalue weighted by molar-refractivity contribution is 0.316. The van der Waals surface area contributed by atoms with E-state index < -0.39 is 0 Å². The number of nitrogens with two attached hydrogens (primary N) is 1. The van der Waals surface area contributed by atoms with Crippen LogP contribution in [0.5, 0.6) is 0 Å². The Kier molecular flexibility index (Phi) is 4.84. The molecule has 0 aliphatic rings. The molecule has 0 heterocycles. The number of hydrogen-bond donors (Lipinski definition) is 3. The van der Waals surface area contributed by atoms with Gasteiger partial charge in [-0.15, -0.1) is 0 Å². The Bertz CT molecular complexity index is 628. The Morgan fingerprint density at radius 2 is 2.00 bits per heavy atom. The molecule has 2 aromatic carbocycles. The summed E-state index contributed by atoms with van der Waals surface area (Å²) >= 11 is 3.57. The van der Waals surface area contributed by atoms with Crippen LogP contribution in [0, 0.1) is 0 Å². The molecule has 5 heteroatoms. The molecule has 1 unspecified atom stereocenters. The molecular weight excluding hydrogens is 318 g/mol. The fourth-order valence-corrected chi connectivity index (χ4v) is 2.68. The SMILES string of the molecule is CCC(C/C(N)=N/O)Nc1ccc(Br)c2ccccc12. The molecule has 0 amide bonds. The Morgan fingerprint density at radius 3 is 2.65 bits per heavy atom. The van der Waals surface area contributed by atoms with Crippen LogP contribution < -0.4 is 11.1 Å². The minimum atomic E-state index is 0.135. The summed E-state index contributed by atoms with van der Waals surface area (Å²) in [6, 6.07) is 12.4. The van der Waals surface area contributed by atoms with Crippen LogP contribution >= 0.6 is 15.9 Å². The van der Waals surface area contributed by atoms with Gasteiger partial charge < -0.3 is 16.3 Å². The van der Waals surface area contributed by atoms with E-state index in [2.05, 4.69) is 45.5 Å². The number of benzene rings is 2. The lowest BCUT2D eigenvalue weighted by Crippen LogP contribution is -2.26. The quantitative estimate of drug-likeness (QED) is 0.335. The van der Waals surface area contributed by atoms with Crippen LogP contribution in [0.25, 0.3) is 10.8 Å². The molecule has 0 spiro atoms. The van der Waals surface area contributed by atoms with Crippen molar-refractivity contribution in [1.82, 2.24) is 0 Å². The highest BCUT2D eigenvalue weighted by Gasteiger charge is 2.11. The van der Waals surface area contributed by atoms with Crippen molar-refractivity contribution in [3.05, 3.63) is 40.9 Å². The van der Waals surface area contributed by atoms with Crippen molar-refractivity contribution in [2.75, 3.05) is 5.32 Å². The van der Waals surface area contributed by atoms with Gasteiger partial charge in [0.2, 0.25) is 0 Å². The fraction of sp³-hybridized carbons (Fsp3) is 0.267. The van der Waals surface area contributed by atoms with Crippen molar-refractivity contribution in [2.45, 2.75) is 25.8 Å². The summed E-state index contributed by atoms with van der Waals surface area (Å²) in [7, 11) is 0. The second kappa shape index (κ2) is 6.61.